The van der Waals surface area contributed by atoms with Gasteiger partial charge < -0.3 is 4.74 Å². The predicted octanol–water partition coefficient (Wildman–Crippen LogP) is 5.37. The van der Waals surface area contributed by atoms with Crippen LogP contribution in [0.3, 0.4) is 0 Å². The lowest BCUT2D eigenvalue weighted by Gasteiger charge is -2.08. The first-order chi connectivity index (χ1) is 13.6. The minimum absolute atomic E-state index is 0.151. The summed E-state index contributed by atoms with van der Waals surface area (Å²) in [4.78, 5) is 26.6. The van der Waals surface area contributed by atoms with Crippen molar-refractivity contribution < 1.29 is 9.53 Å². The number of hydrogen-bond donors (Lipinski definition) is 0. The molecule has 0 bridgehead atoms. The summed E-state index contributed by atoms with van der Waals surface area (Å²) in [6.45, 7) is 7.75. The highest BCUT2D eigenvalue weighted by Crippen LogP contribution is 2.37. The van der Waals surface area contributed by atoms with Crippen LogP contribution in [0.25, 0.3) is 21.5 Å². The van der Waals surface area contributed by atoms with Crippen molar-refractivity contribution in [3.8, 4) is 5.69 Å². The predicted molar refractivity (Wildman–Crippen MR) is 116 cm³/mol. The number of fused-ring (bicyclic) bond motifs is 1. The molecule has 0 N–H and O–H groups in total. The highest BCUT2D eigenvalue weighted by atomic mass is 32.1. The van der Waals surface area contributed by atoms with Crippen LogP contribution in [0.15, 0.2) is 78.1 Å². The van der Waals surface area contributed by atoms with E-state index >= 15 is 0 Å². The number of carbonyl (C=O) groups is 1. The zero-order valence-corrected chi connectivity index (χ0v) is 16.7. The SMILES string of the molecule is C=C/C=C(\C=C/C)c1c(C(=O)OCC)sc2c1ccc(=O)n2-c1ccccc1. The highest BCUT2D eigenvalue weighted by molar-refractivity contribution is 7.20. The fourth-order valence-electron chi connectivity index (χ4n) is 3.06. The molecule has 0 unspecified atom stereocenters. The maximum atomic E-state index is 12.7. The van der Waals surface area contributed by atoms with Gasteiger partial charge in [0.1, 0.15) is 9.71 Å². The van der Waals surface area contributed by atoms with Crippen molar-refractivity contribution in [2.24, 2.45) is 0 Å². The van der Waals surface area contributed by atoms with Gasteiger partial charge in [-0.3, -0.25) is 9.36 Å². The number of para-hydroxylation sites is 1. The van der Waals surface area contributed by atoms with Gasteiger partial charge in [0.2, 0.25) is 0 Å². The number of ether oxygens (including phenoxy) is 1. The quantitative estimate of drug-likeness (QED) is 0.419. The van der Waals surface area contributed by atoms with Crippen molar-refractivity contribution in [2.75, 3.05) is 6.61 Å². The number of benzene rings is 1. The van der Waals surface area contributed by atoms with Crippen LogP contribution in [0.5, 0.6) is 0 Å². The summed E-state index contributed by atoms with van der Waals surface area (Å²) in [5.41, 5.74) is 2.19. The van der Waals surface area contributed by atoms with Crippen molar-refractivity contribution in [2.45, 2.75) is 13.8 Å². The zero-order chi connectivity index (χ0) is 20.1. The summed E-state index contributed by atoms with van der Waals surface area (Å²) in [5, 5.41) is 0.822. The Bertz CT molecular complexity index is 1130. The molecule has 0 atom stereocenters. The first-order valence-corrected chi connectivity index (χ1v) is 9.80. The van der Waals surface area contributed by atoms with E-state index in [1.54, 1.807) is 23.6 Å². The van der Waals surface area contributed by atoms with Gasteiger partial charge in [0.05, 0.1) is 12.3 Å². The summed E-state index contributed by atoms with van der Waals surface area (Å²) in [7, 11) is 0. The average Bonchev–Trinajstić information content (AvgIpc) is 3.08. The molecule has 4 nitrogen and oxygen atoms in total. The molecule has 0 fully saturated rings. The van der Waals surface area contributed by atoms with Crippen LogP contribution in [0.2, 0.25) is 0 Å². The molecular weight excluding hydrogens is 370 g/mol. The number of hydrogen-bond acceptors (Lipinski definition) is 4. The first kappa shape index (κ1) is 19.6. The van der Waals surface area contributed by atoms with Gasteiger partial charge in [-0.1, -0.05) is 49.1 Å². The van der Waals surface area contributed by atoms with Gasteiger partial charge in [0.15, 0.2) is 0 Å². The Kier molecular flexibility index (Phi) is 6.06. The van der Waals surface area contributed by atoms with Crippen LogP contribution in [-0.2, 0) is 4.74 Å². The van der Waals surface area contributed by atoms with E-state index in [2.05, 4.69) is 6.58 Å². The number of pyridine rings is 1. The molecule has 0 radical (unpaired) electrons. The minimum Gasteiger partial charge on any atom is -0.462 e. The Morgan fingerprint density at radius 3 is 2.61 bits per heavy atom. The summed E-state index contributed by atoms with van der Waals surface area (Å²) in [5.74, 6) is -0.398. The van der Waals surface area contributed by atoms with E-state index < -0.39 is 5.97 Å². The van der Waals surface area contributed by atoms with Crippen LogP contribution in [0.4, 0.5) is 0 Å². The maximum absolute atomic E-state index is 12.7. The Hall–Kier alpha value is -3.18. The number of aromatic nitrogens is 1. The molecule has 2 aromatic heterocycles. The van der Waals surface area contributed by atoms with Gasteiger partial charge >= 0.3 is 5.97 Å². The molecule has 142 valence electrons. The number of nitrogens with zero attached hydrogens (tertiary/aromatic N) is 1. The molecule has 3 aromatic rings. The van der Waals surface area contributed by atoms with Crippen LogP contribution in [-0.4, -0.2) is 17.1 Å². The van der Waals surface area contributed by atoms with E-state index in [1.807, 2.05) is 55.5 Å². The molecule has 1 aromatic carbocycles. The lowest BCUT2D eigenvalue weighted by atomic mass is 10.0. The number of allylic oxidation sites excluding steroid dienone is 5. The molecule has 0 aliphatic heterocycles. The van der Waals surface area contributed by atoms with Gasteiger partial charge in [-0.15, -0.1) is 11.3 Å². The fourth-order valence-corrected chi connectivity index (χ4v) is 4.29. The van der Waals surface area contributed by atoms with Crippen molar-refractivity contribution in [3.63, 3.8) is 0 Å². The van der Waals surface area contributed by atoms with E-state index in [1.165, 1.54) is 17.4 Å². The normalized spacial score (nSPS) is 11.9. The van der Waals surface area contributed by atoms with Gasteiger partial charge in [-0.05, 0) is 37.6 Å². The van der Waals surface area contributed by atoms with E-state index in [0.29, 0.717) is 9.71 Å². The lowest BCUT2D eigenvalue weighted by molar-refractivity contribution is 0.0532. The molecule has 0 saturated heterocycles. The maximum Gasteiger partial charge on any atom is 0.349 e. The highest BCUT2D eigenvalue weighted by Gasteiger charge is 2.23. The van der Waals surface area contributed by atoms with Gasteiger partial charge in [-0.2, -0.15) is 0 Å². The number of esters is 1. The lowest BCUT2D eigenvalue weighted by Crippen LogP contribution is -2.16. The third-order valence-corrected chi connectivity index (χ3v) is 5.32. The second-order valence-corrected chi connectivity index (χ2v) is 6.94. The van der Waals surface area contributed by atoms with Gasteiger partial charge in [0, 0.05) is 17.0 Å². The Morgan fingerprint density at radius 2 is 1.96 bits per heavy atom. The summed E-state index contributed by atoms with van der Waals surface area (Å²) >= 11 is 1.27. The van der Waals surface area contributed by atoms with E-state index in [-0.39, 0.29) is 12.2 Å². The molecule has 0 aliphatic carbocycles. The van der Waals surface area contributed by atoms with E-state index in [0.717, 1.165) is 22.2 Å². The van der Waals surface area contributed by atoms with Gasteiger partial charge in [-0.25, -0.2) is 4.79 Å². The molecule has 0 spiro atoms. The fraction of sp³-hybridized carbons (Fsp3) is 0.130. The largest absolute Gasteiger partial charge is 0.462 e. The number of thiophene rings is 1. The Balaban J connectivity index is 2.42. The minimum atomic E-state index is -0.398. The second-order valence-electron chi connectivity index (χ2n) is 5.95. The van der Waals surface area contributed by atoms with E-state index in [4.69, 9.17) is 4.74 Å². The van der Waals surface area contributed by atoms with Crippen LogP contribution >= 0.6 is 11.3 Å². The van der Waals surface area contributed by atoms with Gasteiger partial charge in [0.25, 0.3) is 5.56 Å². The molecule has 0 amide bonds. The van der Waals surface area contributed by atoms with Crippen molar-refractivity contribution in [3.05, 3.63) is 94.1 Å². The number of rotatable bonds is 6. The monoisotopic (exact) mass is 391 g/mol. The first-order valence-electron chi connectivity index (χ1n) is 8.99. The average molecular weight is 391 g/mol. The van der Waals surface area contributed by atoms with Crippen LogP contribution in [0.1, 0.15) is 29.1 Å². The topological polar surface area (TPSA) is 48.3 Å². The van der Waals surface area contributed by atoms with Crippen molar-refractivity contribution in [1.82, 2.24) is 4.57 Å². The molecule has 0 saturated carbocycles. The Morgan fingerprint density at radius 1 is 1.21 bits per heavy atom. The molecule has 0 aliphatic rings. The summed E-state index contributed by atoms with van der Waals surface area (Å²) in [6, 6.07) is 12.7. The summed E-state index contributed by atoms with van der Waals surface area (Å²) < 4.78 is 6.92. The Labute approximate surface area is 167 Å². The molecule has 5 heteroatoms. The van der Waals surface area contributed by atoms with Crippen LogP contribution < -0.4 is 5.56 Å². The van der Waals surface area contributed by atoms with Crippen molar-refractivity contribution in [1.29, 1.82) is 0 Å². The molecule has 2 heterocycles. The van der Waals surface area contributed by atoms with Crippen molar-refractivity contribution >= 4 is 33.1 Å². The molecule has 3 rings (SSSR count). The zero-order valence-electron chi connectivity index (χ0n) is 15.8. The number of carbonyl (C=O) groups excluding carboxylic acids is 1. The van der Waals surface area contributed by atoms with E-state index in [9.17, 15) is 9.59 Å². The molecule has 28 heavy (non-hydrogen) atoms. The second kappa shape index (κ2) is 8.67. The third-order valence-electron chi connectivity index (χ3n) is 4.15. The standard InChI is InChI=1S/C23H21NO3S/c1-4-10-16(11-5-2)20-18-14-15-19(25)24(17-12-8-7-9-13-17)22(18)28-21(20)23(26)27-6-3/h4-5,7-15H,1,6H2,2-3H3/b11-5-,16-10+. The third kappa shape index (κ3) is 3.62. The summed E-state index contributed by atoms with van der Waals surface area (Å²) in [6.07, 6.45) is 7.36. The smallest absolute Gasteiger partial charge is 0.349 e. The molecular formula is C23H21NO3S. The van der Waals surface area contributed by atoms with Crippen LogP contribution in [0, 0.1) is 0 Å².